The Labute approximate surface area is 114 Å². The van der Waals surface area contributed by atoms with E-state index in [1.807, 2.05) is 6.92 Å². The fraction of sp³-hybridized carbons (Fsp3) is 0.333. The van der Waals surface area contributed by atoms with Crippen molar-refractivity contribution in [2.45, 2.75) is 13.0 Å². The third-order valence-electron chi connectivity index (χ3n) is 2.23. The van der Waals surface area contributed by atoms with Gasteiger partial charge in [-0.05, 0) is 19.1 Å². The largest absolute Gasteiger partial charge is 0.377 e. The minimum atomic E-state index is -0.413. The van der Waals surface area contributed by atoms with Crippen molar-refractivity contribution in [3.8, 4) is 0 Å². The Morgan fingerprint density at radius 3 is 3.00 bits per heavy atom. The van der Waals surface area contributed by atoms with E-state index in [9.17, 15) is 10.1 Å². The Hall–Kier alpha value is -1.40. The summed E-state index contributed by atoms with van der Waals surface area (Å²) in [5.41, 5.74) is 0.526. The van der Waals surface area contributed by atoms with Gasteiger partial charge >= 0.3 is 0 Å². The molecule has 1 rings (SSSR count). The van der Waals surface area contributed by atoms with Gasteiger partial charge in [-0.1, -0.05) is 22.0 Å². The van der Waals surface area contributed by atoms with Gasteiger partial charge in [0.1, 0.15) is 5.69 Å². The van der Waals surface area contributed by atoms with E-state index in [2.05, 4.69) is 27.8 Å². The van der Waals surface area contributed by atoms with Gasteiger partial charge in [0, 0.05) is 17.1 Å². The van der Waals surface area contributed by atoms with E-state index in [1.54, 1.807) is 18.2 Å². The van der Waals surface area contributed by atoms with Gasteiger partial charge in [-0.2, -0.15) is 0 Å². The highest BCUT2D eigenvalue weighted by Gasteiger charge is 2.14. The lowest BCUT2D eigenvalue weighted by Gasteiger charge is -2.13. The summed E-state index contributed by atoms with van der Waals surface area (Å²) in [5.74, 6) is 0. The molecule has 1 aromatic carbocycles. The lowest BCUT2D eigenvalue weighted by Crippen LogP contribution is -2.20. The third-order valence-corrected chi connectivity index (χ3v) is 2.73. The van der Waals surface area contributed by atoms with E-state index in [0.29, 0.717) is 18.8 Å². The molecule has 0 fully saturated rings. The standard InChI is InChI=1S/C12H15BrN2O3/c1-3-6-18-9(2)8-14-11-7-10(13)4-5-12(11)15(16)17/h3-5,7,9,14H,1,6,8H2,2H3. The molecule has 0 aromatic heterocycles. The van der Waals surface area contributed by atoms with Crippen molar-refractivity contribution in [2.24, 2.45) is 0 Å². The minimum Gasteiger partial charge on any atom is -0.377 e. The predicted octanol–water partition coefficient (Wildman–Crippen LogP) is 3.36. The van der Waals surface area contributed by atoms with E-state index < -0.39 is 4.92 Å². The van der Waals surface area contributed by atoms with Crippen LogP contribution in [0.2, 0.25) is 0 Å². The topological polar surface area (TPSA) is 64.4 Å². The lowest BCUT2D eigenvalue weighted by atomic mass is 10.2. The average molecular weight is 315 g/mol. The fourth-order valence-corrected chi connectivity index (χ4v) is 1.72. The van der Waals surface area contributed by atoms with Crippen LogP contribution in [-0.4, -0.2) is 24.2 Å². The van der Waals surface area contributed by atoms with Crippen LogP contribution in [0, 0.1) is 10.1 Å². The molecule has 98 valence electrons. The number of nitro groups is 1. The molecule has 0 heterocycles. The summed E-state index contributed by atoms with van der Waals surface area (Å²) in [5, 5.41) is 13.9. The maximum absolute atomic E-state index is 10.9. The summed E-state index contributed by atoms with van der Waals surface area (Å²) < 4.78 is 6.17. The number of nitrogens with zero attached hydrogens (tertiary/aromatic N) is 1. The molecule has 1 aromatic rings. The number of rotatable bonds is 7. The van der Waals surface area contributed by atoms with Crippen molar-refractivity contribution >= 4 is 27.3 Å². The van der Waals surface area contributed by atoms with Crippen LogP contribution in [0.1, 0.15) is 6.92 Å². The normalized spacial score (nSPS) is 11.9. The third kappa shape index (κ3) is 4.46. The van der Waals surface area contributed by atoms with Crippen LogP contribution in [0.15, 0.2) is 35.3 Å². The first kappa shape index (κ1) is 14.7. The maximum atomic E-state index is 10.9. The zero-order valence-electron chi connectivity index (χ0n) is 10.1. The van der Waals surface area contributed by atoms with Crippen LogP contribution >= 0.6 is 15.9 Å². The van der Waals surface area contributed by atoms with Crippen LogP contribution in [0.5, 0.6) is 0 Å². The van der Waals surface area contributed by atoms with Crippen LogP contribution in [0.3, 0.4) is 0 Å². The van der Waals surface area contributed by atoms with E-state index in [0.717, 1.165) is 4.47 Å². The van der Waals surface area contributed by atoms with Crippen LogP contribution in [0.25, 0.3) is 0 Å². The first-order valence-corrected chi connectivity index (χ1v) is 6.24. The zero-order valence-corrected chi connectivity index (χ0v) is 11.6. The molecule has 1 unspecified atom stereocenters. The molecule has 6 heteroatoms. The molecule has 0 aliphatic heterocycles. The SMILES string of the molecule is C=CCOC(C)CNc1cc(Br)ccc1[N+](=O)[O-]. The zero-order chi connectivity index (χ0) is 13.5. The fourth-order valence-electron chi connectivity index (χ4n) is 1.35. The van der Waals surface area contributed by atoms with Gasteiger partial charge in [0.05, 0.1) is 17.6 Å². The molecular weight excluding hydrogens is 300 g/mol. The molecule has 1 atom stereocenters. The lowest BCUT2D eigenvalue weighted by molar-refractivity contribution is -0.384. The van der Waals surface area contributed by atoms with E-state index in [4.69, 9.17) is 4.74 Å². The number of ether oxygens (including phenoxy) is 1. The van der Waals surface area contributed by atoms with Crippen LogP contribution in [-0.2, 0) is 4.74 Å². The first-order valence-electron chi connectivity index (χ1n) is 5.45. The van der Waals surface area contributed by atoms with E-state index in [-0.39, 0.29) is 11.8 Å². The van der Waals surface area contributed by atoms with Gasteiger partial charge in [-0.15, -0.1) is 6.58 Å². The Bertz CT molecular complexity index is 437. The minimum absolute atomic E-state index is 0.0501. The summed E-state index contributed by atoms with van der Waals surface area (Å²) in [4.78, 5) is 10.4. The molecule has 0 radical (unpaired) electrons. The smallest absolute Gasteiger partial charge is 0.292 e. The second-order valence-electron chi connectivity index (χ2n) is 3.73. The molecule has 0 spiro atoms. The van der Waals surface area contributed by atoms with E-state index in [1.165, 1.54) is 6.07 Å². The Kier molecular flexibility index (Phi) is 5.80. The molecule has 0 bridgehead atoms. The molecule has 0 saturated carbocycles. The molecule has 5 nitrogen and oxygen atoms in total. The van der Waals surface area contributed by atoms with Gasteiger partial charge in [-0.25, -0.2) is 0 Å². The van der Waals surface area contributed by atoms with Gasteiger partial charge in [-0.3, -0.25) is 10.1 Å². The predicted molar refractivity (Wildman–Crippen MR) is 74.9 cm³/mol. The summed E-state index contributed by atoms with van der Waals surface area (Å²) in [6, 6.07) is 4.78. The quantitative estimate of drug-likeness (QED) is 0.476. The molecule has 0 amide bonds. The van der Waals surface area contributed by atoms with Crippen LogP contribution in [0.4, 0.5) is 11.4 Å². The number of hydrogen-bond donors (Lipinski definition) is 1. The highest BCUT2D eigenvalue weighted by molar-refractivity contribution is 9.10. The van der Waals surface area contributed by atoms with E-state index >= 15 is 0 Å². The molecule has 0 aliphatic rings. The number of nitrogens with one attached hydrogen (secondary N) is 1. The summed E-state index contributed by atoms with van der Waals surface area (Å²) in [6.45, 7) is 6.40. The highest BCUT2D eigenvalue weighted by atomic mass is 79.9. The van der Waals surface area contributed by atoms with Crippen molar-refractivity contribution in [1.29, 1.82) is 0 Å². The van der Waals surface area contributed by atoms with Gasteiger partial charge < -0.3 is 10.1 Å². The molecule has 18 heavy (non-hydrogen) atoms. The number of halogens is 1. The van der Waals surface area contributed by atoms with Gasteiger partial charge in [0.2, 0.25) is 0 Å². The number of hydrogen-bond acceptors (Lipinski definition) is 4. The molecule has 1 N–H and O–H groups in total. The molecular formula is C12H15BrN2O3. The van der Waals surface area contributed by atoms with Crippen molar-refractivity contribution in [3.63, 3.8) is 0 Å². The van der Waals surface area contributed by atoms with Crippen molar-refractivity contribution < 1.29 is 9.66 Å². The highest BCUT2D eigenvalue weighted by Crippen LogP contribution is 2.27. The second-order valence-corrected chi connectivity index (χ2v) is 4.65. The summed E-state index contributed by atoms with van der Waals surface area (Å²) in [7, 11) is 0. The first-order chi connectivity index (χ1) is 8.54. The average Bonchev–Trinajstić information content (AvgIpc) is 2.33. The summed E-state index contributed by atoms with van der Waals surface area (Å²) in [6.07, 6.45) is 1.61. The Morgan fingerprint density at radius 1 is 1.67 bits per heavy atom. The summed E-state index contributed by atoms with van der Waals surface area (Å²) >= 11 is 3.29. The molecule has 0 saturated heterocycles. The van der Waals surface area contributed by atoms with Crippen LogP contribution < -0.4 is 5.32 Å². The monoisotopic (exact) mass is 314 g/mol. The molecule has 0 aliphatic carbocycles. The second kappa shape index (κ2) is 7.13. The van der Waals surface area contributed by atoms with Crippen molar-refractivity contribution in [2.75, 3.05) is 18.5 Å². The van der Waals surface area contributed by atoms with Crippen molar-refractivity contribution in [3.05, 3.63) is 45.4 Å². The Morgan fingerprint density at radius 2 is 2.39 bits per heavy atom. The maximum Gasteiger partial charge on any atom is 0.292 e. The number of benzene rings is 1. The van der Waals surface area contributed by atoms with Gasteiger partial charge in [0.25, 0.3) is 5.69 Å². The number of anilines is 1. The van der Waals surface area contributed by atoms with Crippen molar-refractivity contribution in [1.82, 2.24) is 0 Å². The Balaban J connectivity index is 2.68. The van der Waals surface area contributed by atoms with Gasteiger partial charge in [0.15, 0.2) is 0 Å². The number of nitro benzene ring substituents is 1.